The molecule has 1 fully saturated rings. The Hall–Kier alpha value is -1.62. The average Bonchev–Trinajstić information content (AvgIpc) is 2.41. The van der Waals surface area contributed by atoms with Gasteiger partial charge >= 0.3 is 5.97 Å². The molecule has 102 valence electrons. The van der Waals surface area contributed by atoms with Crippen LogP contribution in [0, 0.1) is 5.82 Å². The van der Waals surface area contributed by atoms with Gasteiger partial charge in [-0.2, -0.15) is 0 Å². The van der Waals surface area contributed by atoms with Crippen LogP contribution in [0.1, 0.15) is 29.6 Å². The number of piperidine rings is 1. The van der Waals surface area contributed by atoms with E-state index in [4.69, 9.17) is 16.7 Å². The van der Waals surface area contributed by atoms with Crippen molar-refractivity contribution in [3.63, 3.8) is 0 Å². The molecule has 0 radical (unpaired) electrons. The standard InChI is InChI=1S/C13H13ClFNO3/c14-9-7-8(4-5-10(9)15)12(17)16-6-2-1-3-11(16)13(18)19/h4-5,7,11H,1-3,6H2,(H,18,19)/t11-/m0/s1. The Morgan fingerprint density at radius 2 is 2.11 bits per heavy atom. The Morgan fingerprint density at radius 1 is 1.37 bits per heavy atom. The minimum Gasteiger partial charge on any atom is -0.480 e. The summed E-state index contributed by atoms with van der Waals surface area (Å²) in [5, 5.41) is 8.98. The van der Waals surface area contributed by atoms with Gasteiger partial charge in [0.05, 0.1) is 5.02 Å². The molecule has 1 aliphatic rings. The highest BCUT2D eigenvalue weighted by atomic mass is 35.5. The van der Waals surface area contributed by atoms with Crippen LogP contribution in [-0.2, 0) is 4.79 Å². The molecular weight excluding hydrogens is 273 g/mol. The summed E-state index contributed by atoms with van der Waals surface area (Å²) < 4.78 is 13.1. The zero-order chi connectivity index (χ0) is 14.0. The van der Waals surface area contributed by atoms with Crippen molar-refractivity contribution < 1.29 is 19.1 Å². The summed E-state index contributed by atoms with van der Waals surface area (Å²) in [6.45, 7) is 0.394. The Bertz CT molecular complexity index is 521. The first-order valence-corrected chi connectivity index (χ1v) is 6.37. The predicted molar refractivity (Wildman–Crippen MR) is 67.7 cm³/mol. The van der Waals surface area contributed by atoms with Crippen LogP contribution in [0.25, 0.3) is 0 Å². The van der Waals surface area contributed by atoms with E-state index in [1.54, 1.807) is 0 Å². The monoisotopic (exact) mass is 285 g/mol. The van der Waals surface area contributed by atoms with E-state index in [9.17, 15) is 14.0 Å². The van der Waals surface area contributed by atoms with E-state index in [0.29, 0.717) is 13.0 Å². The van der Waals surface area contributed by atoms with Gasteiger partial charge < -0.3 is 10.0 Å². The number of amides is 1. The van der Waals surface area contributed by atoms with Crippen LogP contribution in [0.4, 0.5) is 4.39 Å². The maximum absolute atomic E-state index is 13.1. The van der Waals surface area contributed by atoms with Gasteiger partial charge in [-0.05, 0) is 37.5 Å². The summed E-state index contributed by atoms with van der Waals surface area (Å²) in [5.74, 6) is -2.04. The molecule has 2 rings (SSSR count). The van der Waals surface area contributed by atoms with Gasteiger partial charge in [0.1, 0.15) is 11.9 Å². The number of carbonyl (C=O) groups is 2. The van der Waals surface area contributed by atoms with Crippen molar-refractivity contribution in [3.8, 4) is 0 Å². The molecule has 0 bridgehead atoms. The summed E-state index contributed by atoms with van der Waals surface area (Å²) in [6.07, 6.45) is 1.99. The first-order chi connectivity index (χ1) is 9.00. The second-order valence-electron chi connectivity index (χ2n) is 4.48. The molecule has 0 unspecified atom stereocenters. The first kappa shape index (κ1) is 13.8. The third-order valence-electron chi connectivity index (χ3n) is 3.22. The summed E-state index contributed by atoms with van der Waals surface area (Å²) >= 11 is 5.63. The molecule has 1 aromatic rings. The molecule has 1 N–H and O–H groups in total. The van der Waals surface area contributed by atoms with Crippen molar-refractivity contribution in [2.75, 3.05) is 6.54 Å². The van der Waals surface area contributed by atoms with Crippen molar-refractivity contribution in [2.24, 2.45) is 0 Å². The fraction of sp³-hybridized carbons (Fsp3) is 0.385. The molecule has 1 atom stereocenters. The lowest BCUT2D eigenvalue weighted by atomic mass is 10.0. The van der Waals surface area contributed by atoms with Crippen LogP contribution in [0.15, 0.2) is 18.2 Å². The smallest absolute Gasteiger partial charge is 0.326 e. The zero-order valence-electron chi connectivity index (χ0n) is 10.1. The number of carboxylic acid groups (broad SMARTS) is 1. The van der Waals surface area contributed by atoms with Crippen molar-refractivity contribution in [1.29, 1.82) is 0 Å². The lowest BCUT2D eigenvalue weighted by Crippen LogP contribution is -2.47. The Labute approximate surface area is 114 Å². The van der Waals surface area contributed by atoms with Gasteiger partial charge in [0.15, 0.2) is 0 Å². The van der Waals surface area contributed by atoms with Gasteiger partial charge in [-0.25, -0.2) is 9.18 Å². The van der Waals surface area contributed by atoms with E-state index in [-0.39, 0.29) is 10.6 Å². The lowest BCUT2D eigenvalue weighted by Gasteiger charge is -2.33. The van der Waals surface area contributed by atoms with E-state index in [1.165, 1.54) is 17.0 Å². The van der Waals surface area contributed by atoms with Gasteiger partial charge in [0.25, 0.3) is 5.91 Å². The van der Waals surface area contributed by atoms with Crippen molar-refractivity contribution in [3.05, 3.63) is 34.6 Å². The average molecular weight is 286 g/mol. The van der Waals surface area contributed by atoms with Crippen LogP contribution in [0.5, 0.6) is 0 Å². The molecule has 6 heteroatoms. The van der Waals surface area contributed by atoms with Gasteiger partial charge in [-0.1, -0.05) is 11.6 Å². The number of hydrogen-bond donors (Lipinski definition) is 1. The third-order valence-corrected chi connectivity index (χ3v) is 3.50. The minimum atomic E-state index is -1.01. The molecule has 1 aliphatic heterocycles. The van der Waals surface area contributed by atoms with Crippen molar-refractivity contribution in [1.82, 2.24) is 4.90 Å². The van der Waals surface area contributed by atoms with Gasteiger partial charge in [-0.15, -0.1) is 0 Å². The summed E-state index contributed by atoms with van der Waals surface area (Å²) in [4.78, 5) is 24.7. The molecular formula is C13H13ClFNO3. The number of halogens is 2. The second kappa shape index (κ2) is 5.57. The maximum atomic E-state index is 13.1. The Balaban J connectivity index is 2.26. The van der Waals surface area contributed by atoms with E-state index in [1.807, 2.05) is 0 Å². The van der Waals surface area contributed by atoms with Crippen LogP contribution >= 0.6 is 11.6 Å². The molecule has 1 amide bonds. The molecule has 1 heterocycles. The van der Waals surface area contributed by atoms with Gasteiger partial charge in [-0.3, -0.25) is 4.79 Å². The number of carbonyl (C=O) groups excluding carboxylic acids is 1. The van der Waals surface area contributed by atoms with Crippen LogP contribution in [0.3, 0.4) is 0 Å². The first-order valence-electron chi connectivity index (χ1n) is 5.99. The number of nitrogens with zero attached hydrogens (tertiary/aromatic N) is 1. The number of likely N-dealkylation sites (tertiary alicyclic amines) is 1. The minimum absolute atomic E-state index is 0.144. The number of hydrogen-bond acceptors (Lipinski definition) is 2. The number of aliphatic carboxylic acids is 1. The number of rotatable bonds is 2. The molecule has 4 nitrogen and oxygen atoms in total. The van der Waals surface area contributed by atoms with Crippen LogP contribution in [0.2, 0.25) is 5.02 Å². The molecule has 0 aliphatic carbocycles. The predicted octanol–water partition coefficient (Wildman–Crippen LogP) is 2.56. The number of carboxylic acids is 1. The highest BCUT2D eigenvalue weighted by Crippen LogP contribution is 2.22. The summed E-state index contributed by atoms with van der Waals surface area (Å²) in [5.41, 5.74) is 0.208. The van der Waals surface area contributed by atoms with E-state index in [0.717, 1.165) is 18.9 Å². The fourth-order valence-corrected chi connectivity index (χ4v) is 2.41. The molecule has 0 aromatic heterocycles. The fourth-order valence-electron chi connectivity index (χ4n) is 2.23. The quantitative estimate of drug-likeness (QED) is 0.908. The highest BCUT2D eigenvalue weighted by Gasteiger charge is 2.32. The maximum Gasteiger partial charge on any atom is 0.326 e. The van der Waals surface area contributed by atoms with Crippen molar-refractivity contribution >= 4 is 23.5 Å². The Morgan fingerprint density at radius 3 is 2.74 bits per heavy atom. The lowest BCUT2D eigenvalue weighted by molar-refractivity contribution is -0.143. The van der Waals surface area contributed by atoms with E-state index >= 15 is 0 Å². The molecule has 1 saturated heterocycles. The summed E-state index contributed by atoms with van der Waals surface area (Å²) in [7, 11) is 0. The van der Waals surface area contributed by atoms with Crippen molar-refractivity contribution in [2.45, 2.75) is 25.3 Å². The topological polar surface area (TPSA) is 57.6 Å². The van der Waals surface area contributed by atoms with E-state index in [2.05, 4.69) is 0 Å². The van der Waals surface area contributed by atoms with E-state index < -0.39 is 23.7 Å². The SMILES string of the molecule is O=C(O)[C@@H]1CCCCN1C(=O)c1ccc(F)c(Cl)c1. The third kappa shape index (κ3) is 2.87. The molecule has 0 saturated carbocycles. The zero-order valence-corrected chi connectivity index (χ0v) is 10.9. The molecule has 1 aromatic carbocycles. The van der Waals surface area contributed by atoms with Gasteiger partial charge in [0, 0.05) is 12.1 Å². The number of benzene rings is 1. The van der Waals surface area contributed by atoms with Gasteiger partial charge in [0.2, 0.25) is 0 Å². The Kier molecular flexibility index (Phi) is 4.04. The van der Waals surface area contributed by atoms with Crippen LogP contribution in [-0.4, -0.2) is 34.5 Å². The molecule has 19 heavy (non-hydrogen) atoms. The molecule has 0 spiro atoms. The van der Waals surface area contributed by atoms with Crippen LogP contribution < -0.4 is 0 Å². The highest BCUT2D eigenvalue weighted by molar-refractivity contribution is 6.31. The summed E-state index contributed by atoms with van der Waals surface area (Å²) in [6, 6.07) is 2.84. The normalized spacial score (nSPS) is 19.3. The largest absolute Gasteiger partial charge is 0.480 e. The second-order valence-corrected chi connectivity index (χ2v) is 4.88.